The lowest BCUT2D eigenvalue weighted by molar-refractivity contribution is -0.123. The minimum atomic E-state index is -0.318. The molecule has 0 saturated carbocycles. The average molecular weight is 321 g/mol. The Balaban J connectivity index is 0.00000176. The molecule has 2 N–H and O–H groups in total. The summed E-state index contributed by atoms with van der Waals surface area (Å²) in [7, 11) is 0. The summed E-state index contributed by atoms with van der Waals surface area (Å²) in [6, 6.07) is 10.1. The van der Waals surface area contributed by atoms with E-state index in [0.717, 1.165) is 25.2 Å². The Morgan fingerprint density at radius 3 is 2.86 bits per heavy atom. The molecule has 1 fully saturated rings. The highest BCUT2D eigenvalue weighted by molar-refractivity contribution is 5.95. The number of halogens is 1. The first-order valence-electron chi connectivity index (χ1n) is 7.24. The Labute approximate surface area is 136 Å². The fourth-order valence-corrected chi connectivity index (χ4v) is 2.58. The monoisotopic (exact) mass is 320 g/mol. The number of carbonyl (C=O) groups excluding carboxylic acids is 1. The van der Waals surface area contributed by atoms with Gasteiger partial charge in [-0.2, -0.15) is 5.10 Å². The molecule has 0 spiro atoms. The maximum atomic E-state index is 12.3. The Morgan fingerprint density at radius 1 is 1.41 bits per heavy atom. The van der Waals surface area contributed by atoms with Gasteiger partial charge in [0.2, 0.25) is 5.91 Å². The molecule has 1 atom stereocenters. The third kappa shape index (κ3) is 3.67. The lowest BCUT2D eigenvalue weighted by Gasteiger charge is -2.20. The van der Waals surface area contributed by atoms with Crippen molar-refractivity contribution in [3.63, 3.8) is 0 Å². The molecule has 0 radical (unpaired) electrons. The van der Waals surface area contributed by atoms with Crippen molar-refractivity contribution in [1.29, 1.82) is 0 Å². The van der Waals surface area contributed by atoms with Crippen LogP contribution in [0.4, 0.5) is 5.69 Å². The maximum absolute atomic E-state index is 12.3. The zero-order valence-electron chi connectivity index (χ0n) is 12.6. The van der Waals surface area contributed by atoms with E-state index in [1.54, 1.807) is 6.20 Å². The number of hydrogen-bond acceptors (Lipinski definition) is 3. The summed E-state index contributed by atoms with van der Waals surface area (Å²) in [5.74, 6) is 0.0618. The smallest absolute Gasteiger partial charge is 0.231 e. The summed E-state index contributed by atoms with van der Waals surface area (Å²) in [6.45, 7) is 4.33. The highest BCUT2D eigenvalue weighted by Gasteiger charge is 2.36. The Bertz CT molecular complexity index is 620. The number of carbonyl (C=O) groups is 1. The fraction of sp³-hybridized carbons (Fsp3) is 0.375. The van der Waals surface area contributed by atoms with E-state index in [1.165, 1.54) is 5.56 Å². The molecule has 1 unspecified atom stereocenters. The van der Waals surface area contributed by atoms with Gasteiger partial charge in [0, 0.05) is 12.7 Å². The van der Waals surface area contributed by atoms with Crippen LogP contribution in [0.1, 0.15) is 18.9 Å². The van der Waals surface area contributed by atoms with Crippen LogP contribution in [0, 0.1) is 5.41 Å². The van der Waals surface area contributed by atoms with E-state index in [-0.39, 0.29) is 23.7 Å². The van der Waals surface area contributed by atoms with E-state index in [0.29, 0.717) is 6.54 Å². The summed E-state index contributed by atoms with van der Waals surface area (Å²) >= 11 is 0. The van der Waals surface area contributed by atoms with Crippen molar-refractivity contribution in [2.75, 3.05) is 18.4 Å². The van der Waals surface area contributed by atoms with Gasteiger partial charge in [-0.1, -0.05) is 30.3 Å². The topological polar surface area (TPSA) is 59.0 Å². The number of anilines is 1. The lowest BCUT2D eigenvalue weighted by Crippen LogP contribution is -2.35. The predicted octanol–water partition coefficient (Wildman–Crippen LogP) is 2.29. The summed E-state index contributed by atoms with van der Waals surface area (Å²) in [5.41, 5.74) is 1.62. The second kappa shape index (κ2) is 6.94. The number of amides is 1. The number of rotatable bonds is 4. The third-order valence-corrected chi connectivity index (χ3v) is 4.00. The Kier molecular flexibility index (Phi) is 5.21. The number of nitrogens with one attached hydrogen (secondary N) is 2. The molecule has 22 heavy (non-hydrogen) atoms. The van der Waals surface area contributed by atoms with E-state index >= 15 is 0 Å². The largest absolute Gasteiger partial charge is 0.323 e. The molecule has 2 heterocycles. The third-order valence-electron chi connectivity index (χ3n) is 4.00. The van der Waals surface area contributed by atoms with Gasteiger partial charge < -0.3 is 10.6 Å². The Morgan fingerprint density at radius 2 is 2.18 bits per heavy atom. The molecule has 3 rings (SSSR count). The van der Waals surface area contributed by atoms with Crippen LogP contribution in [-0.4, -0.2) is 28.8 Å². The van der Waals surface area contributed by atoms with Crippen molar-refractivity contribution in [2.45, 2.75) is 19.9 Å². The molecule has 0 aliphatic carbocycles. The van der Waals surface area contributed by atoms with E-state index in [1.807, 2.05) is 36.0 Å². The molecular formula is C16H21ClN4O. The van der Waals surface area contributed by atoms with Crippen molar-refractivity contribution < 1.29 is 4.79 Å². The van der Waals surface area contributed by atoms with E-state index in [2.05, 4.69) is 27.9 Å². The Hall–Kier alpha value is -1.85. The SMILES string of the molecule is CC1(C(=O)Nc2cnn(Cc3ccccc3)c2)CCNC1.Cl. The normalized spacial score (nSPS) is 20.4. The first kappa shape index (κ1) is 16.5. The quantitative estimate of drug-likeness (QED) is 0.908. The van der Waals surface area contributed by atoms with Crippen LogP contribution < -0.4 is 10.6 Å². The van der Waals surface area contributed by atoms with Crippen LogP contribution in [0.2, 0.25) is 0 Å². The first-order valence-corrected chi connectivity index (χ1v) is 7.24. The van der Waals surface area contributed by atoms with Gasteiger partial charge in [0.1, 0.15) is 0 Å². The molecule has 6 heteroatoms. The molecule has 118 valence electrons. The minimum absolute atomic E-state index is 0. The van der Waals surface area contributed by atoms with Crippen LogP contribution >= 0.6 is 12.4 Å². The van der Waals surface area contributed by atoms with Crippen molar-refractivity contribution >= 4 is 24.0 Å². The lowest BCUT2D eigenvalue weighted by atomic mass is 9.89. The second-order valence-corrected chi connectivity index (χ2v) is 5.85. The molecule has 1 saturated heterocycles. The first-order chi connectivity index (χ1) is 10.2. The molecule has 1 aliphatic heterocycles. The van der Waals surface area contributed by atoms with Crippen molar-refractivity contribution in [2.24, 2.45) is 5.41 Å². The van der Waals surface area contributed by atoms with Gasteiger partial charge in [-0.25, -0.2) is 0 Å². The van der Waals surface area contributed by atoms with Crippen LogP contribution in [-0.2, 0) is 11.3 Å². The molecular weight excluding hydrogens is 300 g/mol. The summed E-state index contributed by atoms with van der Waals surface area (Å²) in [6.07, 6.45) is 4.44. The molecule has 1 aliphatic rings. The van der Waals surface area contributed by atoms with Gasteiger partial charge in [0.05, 0.1) is 23.8 Å². The van der Waals surface area contributed by atoms with E-state index in [9.17, 15) is 4.79 Å². The molecule has 2 aromatic rings. The van der Waals surface area contributed by atoms with Crippen molar-refractivity contribution in [3.8, 4) is 0 Å². The molecule has 1 amide bonds. The second-order valence-electron chi connectivity index (χ2n) is 5.85. The minimum Gasteiger partial charge on any atom is -0.323 e. The average Bonchev–Trinajstić information content (AvgIpc) is 3.10. The van der Waals surface area contributed by atoms with E-state index in [4.69, 9.17) is 0 Å². The van der Waals surface area contributed by atoms with Crippen LogP contribution in [0.5, 0.6) is 0 Å². The predicted molar refractivity (Wildman–Crippen MR) is 89.2 cm³/mol. The summed E-state index contributed by atoms with van der Waals surface area (Å²) in [5, 5.41) is 10.5. The van der Waals surface area contributed by atoms with Gasteiger partial charge in [-0.15, -0.1) is 12.4 Å². The van der Waals surface area contributed by atoms with Gasteiger partial charge in [-0.05, 0) is 25.5 Å². The zero-order valence-corrected chi connectivity index (χ0v) is 13.4. The summed E-state index contributed by atoms with van der Waals surface area (Å²) < 4.78 is 1.83. The summed E-state index contributed by atoms with van der Waals surface area (Å²) in [4.78, 5) is 12.3. The van der Waals surface area contributed by atoms with Gasteiger partial charge in [-0.3, -0.25) is 9.48 Å². The number of hydrogen-bond donors (Lipinski definition) is 2. The highest BCUT2D eigenvalue weighted by Crippen LogP contribution is 2.26. The van der Waals surface area contributed by atoms with Gasteiger partial charge in [0.15, 0.2) is 0 Å². The zero-order chi connectivity index (χ0) is 14.7. The molecule has 0 bridgehead atoms. The van der Waals surface area contributed by atoms with E-state index < -0.39 is 0 Å². The fourth-order valence-electron chi connectivity index (χ4n) is 2.58. The molecule has 1 aromatic carbocycles. The number of benzene rings is 1. The van der Waals surface area contributed by atoms with Gasteiger partial charge in [0.25, 0.3) is 0 Å². The van der Waals surface area contributed by atoms with Crippen LogP contribution in [0.15, 0.2) is 42.7 Å². The van der Waals surface area contributed by atoms with Gasteiger partial charge >= 0.3 is 0 Å². The molecule has 5 nitrogen and oxygen atoms in total. The van der Waals surface area contributed by atoms with Crippen LogP contribution in [0.3, 0.4) is 0 Å². The van der Waals surface area contributed by atoms with Crippen molar-refractivity contribution in [3.05, 3.63) is 48.3 Å². The molecule has 1 aromatic heterocycles. The van der Waals surface area contributed by atoms with Crippen molar-refractivity contribution in [1.82, 2.24) is 15.1 Å². The highest BCUT2D eigenvalue weighted by atomic mass is 35.5. The van der Waals surface area contributed by atoms with Crippen LogP contribution in [0.25, 0.3) is 0 Å². The standard InChI is InChI=1S/C16H20N4O.ClH/c1-16(7-8-17-12-16)15(21)19-14-9-18-20(11-14)10-13-5-3-2-4-6-13;/h2-6,9,11,17H,7-8,10,12H2,1H3,(H,19,21);1H. The number of aromatic nitrogens is 2. The number of nitrogens with zero attached hydrogens (tertiary/aromatic N) is 2. The maximum Gasteiger partial charge on any atom is 0.231 e.